The second-order valence-corrected chi connectivity index (χ2v) is 10.9. The lowest BCUT2D eigenvalue weighted by atomic mass is 9.95. The van der Waals surface area contributed by atoms with Gasteiger partial charge in [-0.05, 0) is 78.8 Å². The number of nitrogens with zero attached hydrogens (tertiary/aromatic N) is 3. The number of hydrogen-bond acceptors (Lipinski definition) is 5. The van der Waals surface area contributed by atoms with Crippen LogP contribution in [0.25, 0.3) is 10.9 Å². The highest BCUT2D eigenvalue weighted by molar-refractivity contribution is 14.1. The zero-order chi connectivity index (χ0) is 24.3. The van der Waals surface area contributed by atoms with E-state index in [4.69, 9.17) is 14.5 Å². The number of fused-ring (bicyclic) bond motifs is 1. The number of ether oxygens (including phenoxy) is 2. The van der Waals surface area contributed by atoms with E-state index in [2.05, 4.69) is 50.5 Å². The molecule has 8 heteroatoms. The number of halogens is 2. The molecular formula is C25H29BrIN3O3. The molecule has 0 N–H and O–H groups in total. The summed E-state index contributed by atoms with van der Waals surface area (Å²) in [4.78, 5) is 18.1. The maximum absolute atomic E-state index is 13.4. The van der Waals surface area contributed by atoms with E-state index in [1.807, 2.05) is 58.9 Å². The molecular weight excluding hydrogens is 597 g/mol. The van der Waals surface area contributed by atoms with Crippen molar-refractivity contribution in [3.8, 4) is 11.5 Å². The molecule has 0 aliphatic rings. The van der Waals surface area contributed by atoms with Crippen molar-refractivity contribution < 1.29 is 9.47 Å². The molecule has 6 nitrogen and oxygen atoms in total. The molecule has 0 radical (unpaired) electrons. The highest BCUT2D eigenvalue weighted by atomic mass is 127. The zero-order valence-corrected chi connectivity index (χ0v) is 23.5. The molecule has 1 atom stereocenters. The number of rotatable bonds is 7. The molecule has 0 saturated heterocycles. The van der Waals surface area contributed by atoms with Gasteiger partial charge in [0.15, 0.2) is 11.5 Å². The molecule has 3 rings (SSSR count). The summed E-state index contributed by atoms with van der Waals surface area (Å²) in [6.07, 6.45) is 2.64. The van der Waals surface area contributed by atoms with Gasteiger partial charge >= 0.3 is 0 Å². The van der Waals surface area contributed by atoms with Crippen LogP contribution in [0.1, 0.15) is 59.4 Å². The molecule has 33 heavy (non-hydrogen) atoms. The average Bonchev–Trinajstić information content (AvgIpc) is 2.75. The van der Waals surface area contributed by atoms with Gasteiger partial charge < -0.3 is 9.47 Å². The summed E-state index contributed by atoms with van der Waals surface area (Å²) in [5, 5.41) is 5.08. The Morgan fingerprint density at radius 1 is 1.24 bits per heavy atom. The van der Waals surface area contributed by atoms with Crippen molar-refractivity contribution in [2.24, 2.45) is 5.10 Å². The summed E-state index contributed by atoms with van der Waals surface area (Å²) < 4.78 is 15.1. The number of aromatic nitrogens is 2. The van der Waals surface area contributed by atoms with Gasteiger partial charge in [-0.15, -0.1) is 0 Å². The summed E-state index contributed by atoms with van der Waals surface area (Å²) in [6, 6.07) is 9.36. The van der Waals surface area contributed by atoms with E-state index in [0.717, 1.165) is 25.8 Å². The van der Waals surface area contributed by atoms with E-state index in [1.54, 1.807) is 12.3 Å². The first-order valence-electron chi connectivity index (χ1n) is 10.9. The van der Waals surface area contributed by atoms with Crippen LogP contribution in [-0.2, 0) is 5.41 Å². The summed E-state index contributed by atoms with van der Waals surface area (Å²) in [5.41, 5.74) is 0.870. The molecule has 2 aromatic carbocycles. The summed E-state index contributed by atoms with van der Waals surface area (Å²) >= 11 is 5.69. The monoisotopic (exact) mass is 625 g/mol. The lowest BCUT2D eigenvalue weighted by Crippen LogP contribution is -2.29. The Bertz CT molecular complexity index is 1250. The Morgan fingerprint density at radius 3 is 2.61 bits per heavy atom. The Labute approximate surface area is 216 Å². The van der Waals surface area contributed by atoms with Crippen LogP contribution in [0.4, 0.5) is 0 Å². The minimum Gasteiger partial charge on any atom is -0.490 e. The fraction of sp³-hybridized carbons (Fsp3) is 0.400. The van der Waals surface area contributed by atoms with Crippen LogP contribution in [0.5, 0.6) is 11.5 Å². The maximum atomic E-state index is 13.4. The van der Waals surface area contributed by atoms with Crippen LogP contribution >= 0.6 is 38.5 Å². The largest absolute Gasteiger partial charge is 0.490 e. The third-order valence-electron chi connectivity index (χ3n) is 5.03. The molecule has 176 valence electrons. The molecule has 3 aromatic rings. The zero-order valence-electron chi connectivity index (χ0n) is 19.8. The van der Waals surface area contributed by atoms with Gasteiger partial charge in [0.2, 0.25) is 0 Å². The third-order valence-corrected chi connectivity index (χ3v) is 6.32. The Balaban J connectivity index is 2.13. The van der Waals surface area contributed by atoms with Gasteiger partial charge in [-0.1, -0.05) is 43.6 Å². The molecule has 0 fully saturated rings. The third kappa shape index (κ3) is 5.95. The van der Waals surface area contributed by atoms with Crippen LogP contribution in [0.15, 0.2) is 44.7 Å². The van der Waals surface area contributed by atoms with Gasteiger partial charge in [-0.2, -0.15) is 9.78 Å². The summed E-state index contributed by atoms with van der Waals surface area (Å²) in [7, 11) is 0. The molecule has 0 aliphatic carbocycles. The average molecular weight is 626 g/mol. The van der Waals surface area contributed by atoms with Gasteiger partial charge in [-0.3, -0.25) is 4.79 Å². The second-order valence-electron chi connectivity index (χ2n) is 8.81. The minimum atomic E-state index is -0.378. The fourth-order valence-electron chi connectivity index (χ4n) is 3.19. The van der Waals surface area contributed by atoms with Crippen LogP contribution in [-0.4, -0.2) is 28.6 Å². The predicted octanol–water partition coefficient (Wildman–Crippen LogP) is 6.52. The molecule has 0 spiro atoms. The van der Waals surface area contributed by atoms with E-state index in [9.17, 15) is 4.79 Å². The second kappa shape index (κ2) is 10.5. The topological polar surface area (TPSA) is 65.7 Å². The lowest BCUT2D eigenvalue weighted by Gasteiger charge is -2.21. The van der Waals surface area contributed by atoms with E-state index >= 15 is 0 Å². The molecule has 0 amide bonds. The highest BCUT2D eigenvalue weighted by Crippen LogP contribution is 2.35. The number of benzene rings is 2. The van der Waals surface area contributed by atoms with Crippen LogP contribution < -0.4 is 15.0 Å². The van der Waals surface area contributed by atoms with Crippen LogP contribution in [0.3, 0.4) is 0 Å². The number of hydrogen-bond donors (Lipinski definition) is 0. The van der Waals surface area contributed by atoms with Gasteiger partial charge in [0.05, 0.1) is 33.4 Å². The standard InChI is InChI=1S/C25H29BrIN3O3/c1-7-15(3)33-22-19(27)11-16(12-21(22)32-8-2)14-28-30-23(31)18-13-17(26)9-10-20(18)29-24(30)25(4,5)6/h9-15H,7-8H2,1-6H3/t15-/m0/s1. The minimum absolute atomic E-state index is 0.0770. The van der Waals surface area contributed by atoms with Crippen molar-refractivity contribution in [3.05, 3.63) is 60.1 Å². The van der Waals surface area contributed by atoms with E-state index < -0.39 is 0 Å². The first-order valence-corrected chi connectivity index (χ1v) is 12.8. The fourth-order valence-corrected chi connectivity index (χ4v) is 4.30. The van der Waals surface area contributed by atoms with Crippen molar-refractivity contribution in [2.75, 3.05) is 6.61 Å². The van der Waals surface area contributed by atoms with Gasteiger partial charge in [0, 0.05) is 9.89 Å². The molecule has 1 aromatic heterocycles. The van der Waals surface area contributed by atoms with Crippen LogP contribution in [0.2, 0.25) is 0 Å². The quantitative estimate of drug-likeness (QED) is 0.222. The lowest BCUT2D eigenvalue weighted by molar-refractivity contribution is 0.201. The highest BCUT2D eigenvalue weighted by Gasteiger charge is 2.23. The van der Waals surface area contributed by atoms with Crippen molar-refractivity contribution in [1.82, 2.24) is 9.66 Å². The summed E-state index contributed by atoms with van der Waals surface area (Å²) in [5.74, 6) is 1.99. The predicted molar refractivity (Wildman–Crippen MR) is 146 cm³/mol. The van der Waals surface area contributed by atoms with Crippen molar-refractivity contribution >= 4 is 55.6 Å². The summed E-state index contributed by atoms with van der Waals surface area (Å²) in [6.45, 7) is 12.6. The van der Waals surface area contributed by atoms with Gasteiger partial charge in [0.1, 0.15) is 5.82 Å². The van der Waals surface area contributed by atoms with E-state index in [-0.39, 0.29) is 17.1 Å². The van der Waals surface area contributed by atoms with Gasteiger partial charge in [0.25, 0.3) is 5.56 Å². The van der Waals surface area contributed by atoms with Crippen molar-refractivity contribution in [3.63, 3.8) is 0 Å². The smallest absolute Gasteiger partial charge is 0.282 e. The maximum Gasteiger partial charge on any atom is 0.282 e. The normalized spacial score (nSPS) is 13.0. The van der Waals surface area contributed by atoms with Crippen molar-refractivity contribution in [1.29, 1.82) is 0 Å². The Kier molecular flexibility index (Phi) is 8.21. The van der Waals surface area contributed by atoms with Crippen molar-refractivity contribution in [2.45, 2.75) is 59.5 Å². The van der Waals surface area contributed by atoms with Crippen LogP contribution in [0, 0.1) is 3.57 Å². The molecule has 0 unspecified atom stereocenters. The first kappa shape index (κ1) is 25.7. The van der Waals surface area contributed by atoms with E-state index in [0.29, 0.717) is 29.1 Å². The first-order chi connectivity index (χ1) is 15.5. The molecule has 0 saturated carbocycles. The molecule has 0 bridgehead atoms. The molecule has 0 aliphatic heterocycles. The Morgan fingerprint density at radius 2 is 1.97 bits per heavy atom. The SMILES string of the molecule is CCOc1cc(C=Nn2c(C(C)(C)C)nc3ccc(Br)cc3c2=O)cc(I)c1O[C@@H](C)CC. The molecule has 1 heterocycles. The van der Waals surface area contributed by atoms with Gasteiger partial charge in [-0.25, -0.2) is 4.98 Å². The van der Waals surface area contributed by atoms with E-state index in [1.165, 1.54) is 4.68 Å². The Hall–Kier alpha value is -1.94.